The summed E-state index contributed by atoms with van der Waals surface area (Å²) in [5.41, 5.74) is 4.71. The molecule has 0 fully saturated rings. The van der Waals surface area contributed by atoms with Crippen molar-refractivity contribution in [2.75, 3.05) is 6.61 Å². The van der Waals surface area contributed by atoms with Crippen molar-refractivity contribution < 1.29 is 19.1 Å². The van der Waals surface area contributed by atoms with Crippen LogP contribution in [0.1, 0.15) is 49.1 Å². The molecule has 0 unspecified atom stereocenters. The van der Waals surface area contributed by atoms with Crippen molar-refractivity contribution in [2.45, 2.75) is 13.3 Å². The highest BCUT2D eigenvalue weighted by molar-refractivity contribution is 6.22. The molecule has 0 heterocycles. The number of hydrogen-bond donors (Lipinski definition) is 0. The van der Waals surface area contributed by atoms with Gasteiger partial charge in [-0.05, 0) is 41.3 Å². The average molecular weight is 370 g/mol. The van der Waals surface area contributed by atoms with Crippen LogP contribution in [0, 0.1) is 0 Å². The van der Waals surface area contributed by atoms with Gasteiger partial charge in [0, 0.05) is 16.7 Å². The third-order valence-electron chi connectivity index (χ3n) is 4.98. The number of fused-ring (bicyclic) bond motifs is 3. The van der Waals surface area contributed by atoms with Crippen molar-refractivity contribution in [3.8, 4) is 11.1 Å². The number of carbonyl (C=O) groups excluding carboxylic acids is 3. The van der Waals surface area contributed by atoms with Crippen LogP contribution in [0.3, 0.4) is 0 Å². The summed E-state index contributed by atoms with van der Waals surface area (Å²) in [7, 11) is 0. The minimum absolute atomic E-state index is 0.0452. The van der Waals surface area contributed by atoms with Crippen LogP contribution >= 0.6 is 0 Å². The van der Waals surface area contributed by atoms with Crippen LogP contribution in [0.5, 0.6) is 0 Å². The Morgan fingerprint density at radius 2 is 1.43 bits per heavy atom. The van der Waals surface area contributed by atoms with E-state index in [1.54, 1.807) is 36.4 Å². The Morgan fingerprint density at radius 1 is 0.786 bits per heavy atom. The number of Topliss-reactive ketones (excluding diaryl/α,β-unsaturated/α-hetero) is 1. The van der Waals surface area contributed by atoms with E-state index in [2.05, 4.69) is 0 Å². The second-order valence-electron chi connectivity index (χ2n) is 6.68. The quantitative estimate of drug-likeness (QED) is 0.383. The second kappa shape index (κ2) is 7.24. The highest BCUT2D eigenvalue weighted by atomic mass is 16.5. The summed E-state index contributed by atoms with van der Waals surface area (Å²) in [5.74, 6) is -0.882. The highest BCUT2D eigenvalue weighted by Gasteiger charge is 2.27. The van der Waals surface area contributed by atoms with Gasteiger partial charge in [0.2, 0.25) is 0 Å². The molecule has 3 aromatic rings. The zero-order valence-electron chi connectivity index (χ0n) is 15.4. The second-order valence-corrected chi connectivity index (χ2v) is 6.68. The number of esters is 1. The number of ether oxygens (including phenoxy) is 1. The van der Waals surface area contributed by atoms with Crippen LogP contribution in [-0.2, 0) is 11.2 Å². The lowest BCUT2D eigenvalue weighted by molar-refractivity contribution is 0.0474. The Kier molecular flexibility index (Phi) is 4.62. The lowest BCUT2D eigenvalue weighted by atomic mass is 10.0. The standard InChI is InChI=1S/C24H18O4/c1-2-15-7-9-16(10-8-15)22(25)14-28-24(27)17-11-12-20-21(13-17)18-5-3-4-6-19(18)23(20)26/h3-13H,2,14H2,1H3. The molecule has 4 nitrogen and oxygen atoms in total. The Bertz CT molecular complexity index is 1090. The topological polar surface area (TPSA) is 60.4 Å². The van der Waals surface area contributed by atoms with Crippen LogP contribution in [0.25, 0.3) is 11.1 Å². The molecular formula is C24H18O4. The Balaban J connectivity index is 1.49. The van der Waals surface area contributed by atoms with Gasteiger partial charge in [0.25, 0.3) is 0 Å². The molecule has 0 atom stereocenters. The smallest absolute Gasteiger partial charge is 0.338 e. The summed E-state index contributed by atoms with van der Waals surface area (Å²) in [6.45, 7) is 1.72. The summed E-state index contributed by atoms with van der Waals surface area (Å²) in [6.07, 6.45) is 0.896. The predicted molar refractivity (Wildman–Crippen MR) is 106 cm³/mol. The van der Waals surface area contributed by atoms with Crippen LogP contribution in [0.15, 0.2) is 66.7 Å². The average Bonchev–Trinajstić information content (AvgIpc) is 3.04. The molecule has 0 radical (unpaired) electrons. The number of rotatable bonds is 5. The van der Waals surface area contributed by atoms with Gasteiger partial charge < -0.3 is 4.74 Å². The van der Waals surface area contributed by atoms with Crippen LogP contribution in [-0.4, -0.2) is 24.1 Å². The van der Waals surface area contributed by atoms with Crippen molar-refractivity contribution in [3.05, 3.63) is 94.5 Å². The Morgan fingerprint density at radius 3 is 2.14 bits per heavy atom. The van der Waals surface area contributed by atoms with E-state index in [9.17, 15) is 14.4 Å². The van der Waals surface area contributed by atoms with Crippen molar-refractivity contribution in [1.82, 2.24) is 0 Å². The first-order chi connectivity index (χ1) is 13.6. The summed E-state index contributed by atoms with van der Waals surface area (Å²) in [6, 6.07) is 19.4. The molecule has 1 aliphatic rings. The molecule has 4 heteroatoms. The first kappa shape index (κ1) is 17.9. The normalized spacial score (nSPS) is 11.7. The van der Waals surface area contributed by atoms with Gasteiger partial charge in [-0.3, -0.25) is 9.59 Å². The van der Waals surface area contributed by atoms with E-state index < -0.39 is 5.97 Å². The maximum Gasteiger partial charge on any atom is 0.338 e. The van der Waals surface area contributed by atoms with Crippen molar-refractivity contribution in [3.63, 3.8) is 0 Å². The first-order valence-corrected chi connectivity index (χ1v) is 9.16. The number of hydrogen-bond acceptors (Lipinski definition) is 4. The zero-order valence-corrected chi connectivity index (χ0v) is 15.4. The number of benzene rings is 3. The number of aryl methyl sites for hydroxylation is 1. The first-order valence-electron chi connectivity index (χ1n) is 9.16. The maximum absolute atomic E-state index is 12.4. The molecule has 0 N–H and O–H groups in total. The molecule has 0 saturated carbocycles. The molecule has 1 aliphatic carbocycles. The van der Waals surface area contributed by atoms with Gasteiger partial charge in [-0.2, -0.15) is 0 Å². The predicted octanol–water partition coefficient (Wildman–Crippen LogP) is 4.50. The van der Waals surface area contributed by atoms with E-state index in [0.717, 1.165) is 23.1 Å². The molecule has 0 aromatic heterocycles. The van der Waals surface area contributed by atoms with Gasteiger partial charge in [0.05, 0.1) is 5.56 Å². The highest BCUT2D eigenvalue weighted by Crippen LogP contribution is 2.36. The van der Waals surface area contributed by atoms with E-state index in [-0.39, 0.29) is 18.2 Å². The van der Waals surface area contributed by atoms with Crippen LogP contribution in [0.2, 0.25) is 0 Å². The summed E-state index contributed by atoms with van der Waals surface area (Å²) in [5, 5.41) is 0. The third kappa shape index (κ3) is 3.14. The van der Waals surface area contributed by atoms with E-state index in [4.69, 9.17) is 4.74 Å². The maximum atomic E-state index is 12.4. The van der Waals surface area contributed by atoms with Crippen molar-refractivity contribution >= 4 is 17.5 Å². The van der Waals surface area contributed by atoms with Gasteiger partial charge in [-0.25, -0.2) is 4.79 Å². The van der Waals surface area contributed by atoms with Gasteiger partial charge in [-0.1, -0.05) is 55.5 Å². The molecular weight excluding hydrogens is 352 g/mol. The van der Waals surface area contributed by atoms with Crippen LogP contribution in [0.4, 0.5) is 0 Å². The van der Waals surface area contributed by atoms with Gasteiger partial charge in [0.1, 0.15) is 0 Å². The van der Waals surface area contributed by atoms with E-state index in [1.807, 2.05) is 37.3 Å². The molecule has 0 bridgehead atoms. The lowest BCUT2D eigenvalue weighted by Crippen LogP contribution is -2.14. The van der Waals surface area contributed by atoms with Gasteiger partial charge in [0.15, 0.2) is 18.2 Å². The molecule has 0 amide bonds. The molecule has 28 heavy (non-hydrogen) atoms. The molecule has 4 rings (SSSR count). The fourth-order valence-electron chi connectivity index (χ4n) is 3.38. The number of carbonyl (C=O) groups is 3. The lowest BCUT2D eigenvalue weighted by Gasteiger charge is -2.07. The van der Waals surface area contributed by atoms with Crippen molar-refractivity contribution in [2.24, 2.45) is 0 Å². The number of ketones is 2. The zero-order chi connectivity index (χ0) is 19.7. The van der Waals surface area contributed by atoms with Gasteiger partial charge in [-0.15, -0.1) is 0 Å². The summed E-state index contributed by atoms with van der Waals surface area (Å²) < 4.78 is 5.20. The minimum atomic E-state index is -0.585. The molecule has 0 saturated heterocycles. The Hall–Kier alpha value is -3.53. The van der Waals surface area contributed by atoms with E-state index in [0.29, 0.717) is 22.3 Å². The molecule has 3 aromatic carbocycles. The van der Waals surface area contributed by atoms with Crippen LogP contribution < -0.4 is 0 Å². The fourth-order valence-corrected chi connectivity index (χ4v) is 3.38. The Labute approximate surface area is 162 Å². The van der Waals surface area contributed by atoms with Crippen molar-refractivity contribution in [1.29, 1.82) is 0 Å². The monoisotopic (exact) mass is 370 g/mol. The third-order valence-corrected chi connectivity index (χ3v) is 4.98. The molecule has 138 valence electrons. The largest absolute Gasteiger partial charge is 0.454 e. The van der Waals surface area contributed by atoms with Gasteiger partial charge >= 0.3 is 5.97 Å². The summed E-state index contributed by atoms with van der Waals surface area (Å²) >= 11 is 0. The van der Waals surface area contributed by atoms with E-state index >= 15 is 0 Å². The SMILES string of the molecule is CCc1ccc(C(=O)COC(=O)c2ccc3c(c2)-c2ccccc2C3=O)cc1. The fraction of sp³-hybridized carbons (Fsp3) is 0.125. The van der Waals surface area contributed by atoms with E-state index in [1.165, 1.54) is 0 Å². The molecule has 0 aliphatic heterocycles. The molecule has 0 spiro atoms. The minimum Gasteiger partial charge on any atom is -0.454 e. The summed E-state index contributed by atoms with van der Waals surface area (Å²) in [4.78, 5) is 37.1.